The molecule has 7 nitrogen and oxygen atoms in total. The molecule has 0 unspecified atom stereocenters. The summed E-state index contributed by atoms with van der Waals surface area (Å²) in [5, 5.41) is 16.4. The molecule has 0 bridgehead atoms. The predicted octanol–water partition coefficient (Wildman–Crippen LogP) is 1.49. The van der Waals surface area contributed by atoms with Gasteiger partial charge < -0.3 is 10.6 Å². The van der Waals surface area contributed by atoms with Gasteiger partial charge in [0.1, 0.15) is 6.20 Å². The average molecular weight is 225 g/mol. The summed E-state index contributed by atoms with van der Waals surface area (Å²) in [5.74, 6) is 0.988. The Hall–Kier alpha value is -1.92. The zero-order chi connectivity index (χ0) is 12.1. The maximum Gasteiger partial charge on any atom is 0.329 e. The summed E-state index contributed by atoms with van der Waals surface area (Å²) in [6.45, 7) is 4.65. The maximum atomic E-state index is 10.7. The molecule has 1 aromatic heterocycles. The lowest BCUT2D eigenvalue weighted by Gasteiger charge is -2.09. The molecule has 88 valence electrons. The van der Waals surface area contributed by atoms with Gasteiger partial charge in [-0.05, 0) is 5.92 Å². The van der Waals surface area contributed by atoms with Gasteiger partial charge in [0.25, 0.3) is 0 Å². The molecule has 0 fully saturated rings. The van der Waals surface area contributed by atoms with Gasteiger partial charge in [-0.1, -0.05) is 13.8 Å². The molecular formula is C9H15N5O2. The van der Waals surface area contributed by atoms with E-state index in [1.54, 1.807) is 7.05 Å². The topological polar surface area (TPSA) is 93.0 Å². The Bertz CT molecular complexity index is 380. The van der Waals surface area contributed by atoms with Crippen molar-refractivity contribution in [2.24, 2.45) is 5.92 Å². The molecule has 7 heteroatoms. The van der Waals surface area contributed by atoms with Crippen molar-refractivity contribution in [2.75, 3.05) is 24.2 Å². The van der Waals surface area contributed by atoms with Crippen molar-refractivity contribution in [1.82, 2.24) is 9.97 Å². The summed E-state index contributed by atoms with van der Waals surface area (Å²) in [5.41, 5.74) is -0.111. The van der Waals surface area contributed by atoms with E-state index in [1.165, 1.54) is 6.20 Å². The molecule has 0 aliphatic heterocycles. The monoisotopic (exact) mass is 225 g/mol. The SMILES string of the molecule is CNc1ncc([N+](=O)[O-])c(NCC(C)C)n1. The van der Waals surface area contributed by atoms with Gasteiger partial charge in [0.15, 0.2) is 0 Å². The third-order valence-electron chi connectivity index (χ3n) is 1.87. The van der Waals surface area contributed by atoms with Crippen molar-refractivity contribution in [2.45, 2.75) is 13.8 Å². The number of nitro groups is 1. The van der Waals surface area contributed by atoms with Gasteiger partial charge in [-0.25, -0.2) is 4.98 Å². The van der Waals surface area contributed by atoms with Gasteiger partial charge in [-0.2, -0.15) is 4.98 Å². The summed E-state index contributed by atoms with van der Waals surface area (Å²) in [4.78, 5) is 18.0. The van der Waals surface area contributed by atoms with E-state index in [0.29, 0.717) is 18.4 Å². The highest BCUT2D eigenvalue weighted by atomic mass is 16.6. The molecule has 0 radical (unpaired) electrons. The zero-order valence-electron chi connectivity index (χ0n) is 9.52. The summed E-state index contributed by atoms with van der Waals surface area (Å²) < 4.78 is 0. The molecule has 0 saturated carbocycles. The highest BCUT2D eigenvalue weighted by Gasteiger charge is 2.16. The quantitative estimate of drug-likeness (QED) is 0.582. The number of aromatic nitrogens is 2. The third-order valence-corrected chi connectivity index (χ3v) is 1.87. The first kappa shape index (κ1) is 12.2. The van der Waals surface area contributed by atoms with Crippen molar-refractivity contribution >= 4 is 17.5 Å². The lowest BCUT2D eigenvalue weighted by atomic mass is 10.2. The minimum atomic E-state index is -0.498. The average Bonchev–Trinajstić information content (AvgIpc) is 2.25. The molecular weight excluding hydrogens is 210 g/mol. The molecule has 0 aliphatic carbocycles. The van der Waals surface area contributed by atoms with Crippen LogP contribution in [-0.4, -0.2) is 28.5 Å². The van der Waals surface area contributed by atoms with Crippen LogP contribution in [0.4, 0.5) is 17.5 Å². The number of nitrogens with zero attached hydrogens (tertiary/aromatic N) is 3. The van der Waals surface area contributed by atoms with Crippen LogP contribution in [0.5, 0.6) is 0 Å². The Morgan fingerprint density at radius 3 is 2.75 bits per heavy atom. The summed E-state index contributed by atoms with van der Waals surface area (Å²) >= 11 is 0. The van der Waals surface area contributed by atoms with Gasteiger partial charge in [-0.15, -0.1) is 0 Å². The number of nitrogens with one attached hydrogen (secondary N) is 2. The molecule has 0 saturated heterocycles. The largest absolute Gasteiger partial charge is 0.364 e. The Kier molecular flexibility index (Phi) is 3.98. The first-order valence-electron chi connectivity index (χ1n) is 4.97. The van der Waals surface area contributed by atoms with E-state index in [1.807, 2.05) is 13.8 Å². The highest BCUT2D eigenvalue weighted by Crippen LogP contribution is 2.21. The van der Waals surface area contributed by atoms with Crippen molar-refractivity contribution < 1.29 is 4.92 Å². The Labute approximate surface area is 93.4 Å². The first-order valence-corrected chi connectivity index (χ1v) is 4.97. The Balaban J connectivity index is 2.96. The normalized spacial score (nSPS) is 10.2. The summed E-state index contributed by atoms with van der Waals surface area (Å²) in [6, 6.07) is 0. The Morgan fingerprint density at radius 1 is 1.56 bits per heavy atom. The molecule has 1 heterocycles. The molecule has 2 N–H and O–H groups in total. The molecule has 1 aromatic rings. The van der Waals surface area contributed by atoms with Crippen molar-refractivity contribution in [3.05, 3.63) is 16.3 Å². The van der Waals surface area contributed by atoms with Crippen LogP contribution >= 0.6 is 0 Å². The second kappa shape index (κ2) is 5.24. The van der Waals surface area contributed by atoms with Gasteiger partial charge in [-0.3, -0.25) is 10.1 Å². The van der Waals surface area contributed by atoms with E-state index in [0.717, 1.165) is 0 Å². The zero-order valence-corrected chi connectivity index (χ0v) is 9.52. The van der Waals surface area contributed by atoms with Crippen LogP contribution in [0.15, 0.2) is 6.20 Å². The van der Waals surface area contributed by atoms with E-state index in [2.05, 4.69) is 20.6 Å². The molecule has 0 amide bonds. The number of hydrogen-bond acceptors (Lipinski definition) is 6. The van der Waals surface area contributed by atoms with Crippen molar-refractivity contribution in [1.29, 1.82) is 0 Å². The van der Waals surface area contributed by atoms with E-state index in [9.17, 15) is 10.1 Å². The standard InChI is InChI=1S/C9H15N5O2/c1-6(2)4-11-8-7(14(15)16)5-12-9(10-3)13-8/h5-6H,4H2,1-3H3,(H2,10,11,12,13). The van der Waals surface area contributed by atoms with Crippen LogP contribution in [0.25, 0.3) is 0 Å². The van der Waals surface area contributed by atoms with Crippen LogP contribution in [-0.2, 0) is 0 Å². The van der Waals surface area contributed by atoms with Crippen molar-refractivity contribution in [3.63, 3.8) is 0 Å². The molecule has 0 aromatic carbocycles. The number of hydrogen-bond donors (Lipinski definition) is 2. The molecule has 0 aliphatic rings. The smallest absolute Gasteiger partial charge is 0.329 e. The van der Waals surface area contributed by atoms with E-state index in [-0.39, 0.29) is 11.5 Å². The van der Waals surface area contributed by atoms with E-state index >= 15 is 0 Å². The van der Waals surface area contributed by atoms with Gasteiger partial charge in [0.2, 0.25) is 11.8 Å². The second-order valence-corrected chi connectivity index (χ2v) is 3.71. The maximum absolute atomic E-state index is 10.7. The predicted molar refractivity (Wildman–Crippen MR) is 61.6 cm³/mol. The minimum absolute atomic E-state index is 0.111. The van der Waals surface area contributed by atoms with E-state index in [4.69, 9.17) is 0 Å². The van der Waals surface area contributed by atoms with E-state index < -0.39 is 4.92 Å². The molecule has 0 atom stereocenters. The molecule has 16 heavy (non-hydrogen) atoms. The highest BCUT2D eigenvalue weighted by molar-refractivity contribution is 5.56. The van der Waals surface area contributed by atoms with Crippen LogP contribution in [0.2, 0.25) is 0 Å². The van der Waals surface area contributed by atoms with Crippen LogP contribution in [0, 0.1) is 16.0 Å². The lowest BCUT2D eigenvalue weighted by molar-refractivity contribution is -0.384. The van der Waals surface area contributed by atoms with Crippen molar-refractivity contribution in [3.8, 4) is 0 Å². The minimum Gasteiger partial charge on any atom is -0.364 e. The first-order chi connectivity index (χ1) is 7.54. The fourth-order valence-corrected chi connectivity index (χ4v) is 1.06. The summed E-state index contributed by atoms with van der Waals surface area (Å²) in [6.07, 6.45) is 1.20. The lowest BCUT2D eigenvalue weighted by Crippen LogP contribution is -2.12. The van der Waals surface area contributed by atoms with Crippen LogP contribution in [0.3, 0.4) is 0 Å². The fraction of sp³-hybridized carbons (Fsp3) is 0.556. The van der Waals surface area contributed by atoms with Gasteiger partial charge in [0, 0.05) is 13.6 Å². The van der Waals surface area contributed by atoms with Crippen LogP contribution in [0.1, 0.15) is 13.8 Å². The van der Waals surface area contributed by atoms with Crippen LogP contribution < -0.4 is 10.6 Å². The summed E-state index contributed by atoms with van der Waals surface area (Å²) in [7, 11) is 1.66. The second-order valence-electron chi connectivity index (χ2n) is 3.71. The van der Waals surface area contributed by atoms with Gasteiger partial charge in [0.05, 0.1) is 4.92 Å². The fourth-order valence-electron chi connectivity index (χ4n) is 1.06. The molecule has 0 spiro atoms. The number of anilines is 2. The molecule has 1 rings (SSSR count). The Morgan fingerprint density at radius 2 is 2.25 bits per heavy atom. The van der Waals surface area contributed by atoms with Gasteiger partial charge >= 0.3 is 5.69 Å². The third kappa shape index (κ3) is 3.04. The number of rotatable bonds is 5.